The van der Waals surface area contributed by atoms with Crippen molar-refractivity contribution >= 4 is 17.6 Å². The van der Waals surface area contributed by atoms with Crippen LogP contribution in [-0.4, -0.2) is 60.6 Å². The fourth-order valence-corrected chi connectivity index (χ4v) is 3.97. The lowest BCUT2D eigenvalue weighted by molar-refractivity contribution is -0.153. The molecule has 26 heavy (non-hydrogen) atoms. The predicted octanol–water partition coefficient (Wildman–Crippen LogP) is 2.87. The number of benzene rings is 1. The Morgan fingerprint density at radius 2 is 1.92 bits per heavy atom. The molecule has 2 fully saturated rings. The van der Waals surface area contributed by atoms with Gasteiger partial charge in [0.2, 0.25) is 0 Å². The van der Waals surface area contributed by atoms with Gasteiger partial charge in [-0.15, -0.1) is 0 Å². The molecule has 0 unspecified atom stereocenters. The number of nitrogens with zero attached hydrogens (tertiary/aromatic N) is 2. The molecule has 1 aromatic carbocycles. The van der Waals surface area contributed by atoms with Crippen LogP contribution in [0.25, 0.3) is 0 Å². The maximum absolute atomic E-state index is 12.6. The lowest BCUT2D eigenvalue weighted by Gasteiger charge is -2.44. The van der Waals surface area contributed by atoms with E-state index in [1.165, 1.54) is 0 Å². The first-order valence-corrected chi connectivity index (χ1v) is 9.32. The van der Waals surface area contributed by atoms with Crippen LogP contribution in [0, 0.1) is 12.8 Å². The highest BCUT2D eigenvalue weighted by molar-refractivity contribution is 5.89. The maximum Gasteiger partial charge on any atom is 0.321 e. The minimum absolute atomic E-state index is 0.0358. The molecule has 6 heteroatoms. The van der Waals surface area contributed by atoms with Crippen molar-refractivity contribution in [3.63, 3.8) is 0 Å². The molecule has 2 aliphatic heterocycles. The van der Waals surface area contributed by atoms with Gasteiger partial charge in [0.05, 0.1) is 5.60 Å². The van der Waals surface area contributed by atoms with Gasteiger partial charge < -0.3 is 19.9 Å². The van der Waals surface area contributed by atoms with Gasteiger partial charge in [-0.25, -0.2) is 4.79 Å². The number of aryl methyl sites for hydroxylation is 1. The van der Waals surface area contributed by atoms with Crippen LogP contribution < -0.4 is 5.32 Å². The summed E-state index contributed by atoms with van der Waals surface area (Å²) >= 11 is 0. The van der Waals surface area contributed by atoms with Gasteiger partial charge in [-0.1, -0.05) is 24.6 Å². The van der Waals surface area contributed by atoms with Gasteiger partial charge in [0, 0.05) is 38.8 Å². The Morgan fingerprint density at radius 1 is 1.23 bits per heavy atom. The quantitative estimate of drug-likeness (QED) is 0.883. The summed E-state index contributed by atoms with van der Waals surface area (Å²) in [7, 11) is 3.52. The third-order valence-corrected chi connectivity index (χ3v) is 5.71. The highest BCUT2D eigenvalue weighted by atomic mass is 16.5. The van der Waals surface area contributed by atoms with Gasteiger partial charge >= 0.3 is 6.03 Å². The normalized spacial score (nSPS) is 28.2. The van der Waals surface area contributed by atoms with Crippen molar-refractivity contribution in [3.8, 4) is 0 Å². The molecule has 1 N–H and O–H groups in total. The van der Waals surface area contributed by atoms with E-state index in [0.717, 1.165) is 30.5 Å². The number of carbonyl (C=O) groups excluding carboxylic acids is 2. The Kier molecular flexibility index (Phi) is 5.23. The number of ether oxygens (including phenoxy) is 1. The summed E-state index contributed by atoms with van der Waals surface area (Å²) in [5, 5.41) is 2.97. The summed E-state index contributed by atoms with van der Waals surface area (Å²) in [5.74, 6) is 0.230. The van der Waals surface area contributed by atoms with E-state index in [-0.39, 0.29) is 29.6 Å². The fraction of sp³-hybridized carbons (Fsp3) is 0.600. The van der Waals surface area contributed by atoms with Crippen LogP contribution in [0.3, 0.4) is 0 Å². The second-order valence-electron chi connectivity index (χ2n) is 7.84. The number of urea groups is 1. The molecule has 142 valence electrons. The highest BCUT2D eigenvalue weighted by Crippen LogP contribution is 2.42. The van der Waals surface area contributed by atoms with E-state index in [1.54, 1.807) is 19.0 Å². The molecule has 0 bridgehead atoms. The molecule has 1 aromatic rings. The largest absolute Gasteiger partial charge is 0.362 e. The summed E-state index contributed by atoms with van der Waals surface area (Å²) in [5.41, 5.74) is 1.69. The molecule has 2 heterocycles. The summed E-state index contributed by atoms with van der Waals surface area (Å²) in [6.45, 7) is 5.42. The lowest BCUT2D eigenvalue weighted by Crippen LogP contribution is -2.53. The van der Waals surface area contributed by atoms with Gasteiger partial charge in [-0.3, -0.25) is 4.79 Å². The number of carbonyl (C=O) groups is 2. The molecule has 1 spiro atoms. The van der Waals surface area contributed by atoms with Crippen LogP contribution in [0.15, 0.2) is 24.3 Å². The van der Waals surface area contributed by atoms with E-state index in [0.29, 0.717) is 13.1 Å². The fourth-order valence-electron chi connectivity index (χ4n) is 3.97. The zero-order valence-corrected chi connectivity index (χ0v) is 16.1. The Bertz CT molecular complexity index is 673. The summed E-state index contributed by atoms with van der Waals surface area (Å²) in [6, 6.07) is 7.73. The first kappa shape index (κ1) is 18.7. The zero-order chi connectivity index (χ0) is 18.9. The van der Waals surface area contributed by atoms with E-state index < -0.39 is 0 Å². The average Bonchev–Trinajstić information content (AvgIpc) is 3.04. The van der Waals surface area contributed by atoms with Gasteiger partial charge in [0.15, 0.2) is 0 Å². The van der Waals surface area contributed by atoms with Crippen LogP contribution in [0.2, 0.25) is 0 Å². The number of rotatable bonds is 2. The molecular weight excluding hydrogens is 330 g/mol. The third kappa shape index (κ3) is 3.70. The van der Waals surface area contributed by atoms with E-state index in [9.17, 15) is 9.59 Å². The van der Waals surface area contributed by atoms with Crippen molar-refractivity contribution in [2.45, 2.75) is 44.8 Å². The number of hydrogen-bond acceptors (Lipinski definition) is 3. The van der Waals surface area contributed by atoms with Crippen LogP contribution in [0.4, 0.5) is 10.5 Å². The number of hydrogen-bond donors (Lipinski definition) is 1. The van der Waals surface area contributed by atoms with Crippen molar-refractivity contribution in [2.75, 3.05) is 32.5 Å². The van der Waals surface area contributed by atoms with E-state index in [1.807, 2.05) is 36.1 Å². The van der Waals surface area contributed by atoms with E-state index in [4.69, 9.17) is 4.74 Å². The third-order valence-electron chi connectivity index (χ3n) is 5.71. The number of anilines is 1. The molecule has 3 rings (SSSR count). The van der Waals surface area contributed by atoms with Crippen molar-refractivity contribution in [1.82, 2.24) is 9.80 Å². The standard InChI is InChI=1S/C20H29N3O3/c1-14-5-7-16(8-6-14)21-19(25)23-12-11-20(15(2)13-23)10-9-17(26-20)18(24)22(3)4/h5-8,15,17H,9-13H2,1-4H3,(H,21,25)/t15-,17+,20-/m1/s1. The summed E-state index contributed by atoms with van der Waals surface area (Å²) in [4.78, 5) is 28.2. The second kappa shape index (κ2) is 7.27. The number of likely N-dealkylation sites (N-methyl/N-ethyl adjacent to an activating group) is 1. The number of likely N-dealkylation sites (tertiary alicyclic amines) is 1. The van der Waals surface area contributed by atoms with Gasteiger partial charge in [-0.2, -0.15) is 0 Å². The number of nitrogens with one attached hydrogen (secondary N) is 1. The van der Waals surface area contributed by atoms with E-state index >= 15 is 0 Å². The molecule has 0 aromatic heterocycles. The monoisotopic (exact) mass is 359 g/mol. The molecule has 3 amide bonds. The van der Waals surface area contributed by atoms with Crippen LogP contribution in [-0.2, 0) is 9.53 Å². The topological polar surface area (TPSA) is 61.9 Å². The lowest BCUT2D eigenvalue weighted by atomic mass is 9.80. The Hall–Kier alpha value is -2.08. The van der Waals surface area contributed by atoms with Gasteiger partial charge in [0.25, 0.3) is 5.91 Å². The predicted molar refractivity (Wildman–Crippen MR) is 101 cm³/mol. The SMILES string of the molecule is Cc1ccc(NC(=O)N2CC[C@]3(CC[C@@H](C(=O)N(C)C)O3)[C@H](C)C2)cc1. The van der Waals surface area contributed by atoms with Crippen LogP contribution in [0.5, 0.6) is 0 Å². The Morgan fingerprint density at radius 3 is 2.54 bits per heavy atom. The van der Waals surface area contributed by atoms with Crippen LogP contribution >= 0.6 is 0 Å². The minimum atomic E-state index is -0.347. The Balaban J connectivity index is 1.59. The van der Waals surface area contributed by atoms with Crippen molar-refractivity contribution in [2.24, 2.45) is 5.92 Å². The highest BCUT2D eigenvalue weighted by Gasteiger charge is 2.49. The first-order chi connectivity index (χ1) is 12.3. The minimum Gasteiger partial charge on any atom is -0.362 e. The van der Waals surface area contributed by atoms with E-state index in [2.05, 4.69) is 12.2 Å². The van der Waals surface area contributed by atoms with Gasteiger partial charge in [-0.05, 0) is 38.3 Å². The van der Waals surface area contributed by atoms with Gasteiger partial charge in [0.1, 0.15) is 6.10 Å². The molecule has 3 atom stereocenters. The molecule has 6 nitrogen and oxygen atoms in total. The zero-order valence-electron chi connectivity index (χ0n) is 16.1. The summed E-state index contributed by atoms with van der Waals surface area (Å²) in [6.07, 6.45) is 2.07. The molecule has 0 radical (unpaired) electrons. The second-order valence-corrected chi connectivity index (χ2v) is 7.84. The molecule has 2 aliphatic rings. The van der Waals surface area contributed by atoms with Crippen molar-refractivity contribution < 1.29 is 14.3 Å². The number of piperidine rings is 1. The molecule has 2 saturated heterocycles. The molecule has 0 aliphatic carbocycles. The van der Waals surface area contributed by atoms with Crippen LogP contribution in [0.1, 0.15) is 31.7 Å². The summed E-state index contributed by atoms with van der Waals surface area (Å²) < 4.78 is 6.24. The first-order valence-electron chi connectivity index (χ1n) is 9.32. The molecule has 0 saturated carbocycles. The molecular formula is C20H29N3O3. The maximum atomic E-state index is 12.6. The smallest absolute Gasteiger partial charge is 0.321 e. The van der Waals surface area contributed by atoms with Crippen molar-refractivity contribution in [3.05, 3.63) is 29.8 Å². The average molecular weight is 359 g/mol. The Labute approximate surface area is 155 Å². The number of amides is 3. The van der Waals surface area contributed by atoms with Crippen molar-refractivity contribution in [1.29, 1.82) is 0 Å².